The smallest absolute Gasteiger partial charge is 0.319 e. The maximum absolute atomic E-state index is 13.5. The minimum Gasteiger partial charge on any atom is -0.366 e. The van der Waals surface area contributed by atoms with Gasteiger partial charge in [0.15, 0.2) is 5.82 Å². The van der Waals surface area contributed by atoms with Crippen molar-refractivity contribution in [1.29, 1.82) is 0 Å². The minimum atomic E-state index is -0.516. The number of H-pyrrole nitrogens is 1. The summed E-state index contributed by atoms with van der Waals surface area (Å²) in [4.78, 5) is 29.1. The first-order valence-electron chi connectivity index (χ1n) is 12.7. The van der Waals surface area contributed by atoms with Gasteiger partial charge in [-0.2, -0.15) is 5.10 Å². The number of aromatic amines is 1. The average molecular weight is 494 g/mol. The van der Waals surface area contributed by atoms with Crippen LogP contribution in [0.25, 0.3) is 0 Å². The maximum atomic E-state index is 13.5. The third-order valence-corrected chi connectivity index (χ3v) is 7.36. The number of rotatable bonds is 8. The first kappa shape index (κ1) is 25.8. The van der Waals surface area contributed by atoms with Crippen molar-refractivity contribution in [1.82, 2.24) is 30.6 Å². The standard InChI is InChI=1S/C27H39N7O2/c1-6-23(35)28-19-12-14-20(15-13-19)29-25-21-16-34(27(2,3)24(21)31-32-25)26(36)30-22(17-33(4)5)18-10-8-7-9-11-18/h6-11,19-20,22H,1,12-17H2,2-5H3,(H,28,35)(H,30,36)(H2,29,31,32). The van der Waals surface area contributed by atoms with E-state index in [1.807, 2.05) is 37.2 Å². The zero-order valence-corrected chi connectivity index (χ0v) is 21.8. The number of aromatic nitrogens is 2. The summed E-state index contributed by atoms with van der Waals surface area (Å²) < 4.78 is 0. The summed E-state index contributed by atoms with van der Waals surface area (Å²) in [6, 6.07) is 10.4. The first-order valence-corrected chi connectivity index (χ1v) is 12.7. The van der Waals surface area contributed by atoms with Gasteiger partial charge in [-0.25, -0.2) is 4.79 Å². The van der Waals surface area contributed by atoms with E-state index < -0.39 is 5.54 Å². The van der Waals surface area contributed by atoms with E-state index >= 15 is 0 Å². The average Bonchev–Trinajstić information content (AvgIpc) is 3.37. The van der Waals surface area contributed by atoms with E-state index in [1.54, 1.807) is 0 Å². The second-order valence-electron chi connectivity index (χ2n) is 10.7. The van der Waals surface area contributed by atoms with E-state index in [0.29, 0.717) is 13.1 Å². The fourth-order valence-electron chi connectivity index (χ4n) is 5.31. The Morgan fingerprint density at radius 1 is 1.19 bits per heavy atom. The molecule has 0 saturated heterocycles. The molecule has 9 heteroatoms. The number of amides is 3. The number of benzene rings is 1. The van der Waals surface area contributed by atoms with Crippen LogP contribution in [0.5, 0.6) is 0 Å². The fourth-order valence-corrected chi connectivity index (χ4v) is 5.31. The molecule has 1 aromatic carbocycles. The van der Waals surface area contributed by atoms with Crippen molar-refractivity contribution in [3.63, 3.8) is 0 Å². The van der Waals surface area contributed by atoms with Crippen LogP contribution in [0.1, 0.15) is 62.4 Å². The molecule has 2 heterocycles. The Hall–Kier alpha value is -3.33. The van der Waals surface area contributed by atoms with Gasteiger partial charge >= 0.3 is 6.03 Å². The summed E-state index contributed by atoms with van der Waals surface area (Å²) in [5, 5.41) is 17.6. The molecule has 4 N–H and O–H groups in total. The van der Waals surface area contributed by atoms with Crippen LogP contribution < -0.4 is 16.0 Å². The molecule has 4 rings (SSSR count). The van der Waals surface area contributed by atoms with Crippen LogP contribution in [0.3, 0.4) is 0 Å². The molecule has 0 spiro atoms. The Kier molecular flexibility index (Phi) is 7.68. The van der Waals surface area contributed by atoms with Gasteiger partial charge in [0.25, 0.3) is 0 Å². The van der Waals surface area contributed by atoms with E-state index in [2.05, 4.69) is 63.6 Å². The Morgan fingerprint density at radius 3 is 2.50 bits per heavy atom. The number of anilines is 1. The highest BCUT2D eigenvalue weighted by Gasteiger charge is 2.44. The summed E-state index contributed by atoms with van der Waals surface area (Å²) in [6.07, 6.45) is 5.04. The quantitative estimate of drug-likeness (QED) is 0.421. The van der Waals surface area contributed by atoms with Crippen LogP contribution in [0.4, 0.5) is 10.6 Å². The molecule has 1 aliphatic carbocycles. The zero-order chi connectivity index (χ0) is 25.9. The van der Waals surface area contributed by atoms with E-state index in [0.717, 1.165) is 48.3 Å². The molecule has 194 valence electrons. The van der Waals surface area contributed by atoms with Crippen molar-refractivity contribution in [3.05, 3.63) is 59.8 Å². The summed E-state index contributed by atoms with van der Waals surface area (Å²) in [5.41, 5.74) is 2.58. The molecular formula is C27H39N7O2. The highest BCUT2D eigenvalue weighted by atomic mass is 16.2. The number of nitrogens with zero attached hydrogens (tertiary/aromatic N) is 3. The van der Waals surface area contributed by atoms with Gasteiger partial charge in [0, 0.05) is 24.2 Å². The lowest BCUT2D eigenvalue weighted by atomic mass is 9.91. The van der Waals surface area contributed by atoms with E-state index in [-0.39, 0.29) is 30.1 Å². The normalized spacial score (nSPS) is 21.5. The minimum absolute atomic E-state index is 0.0929. The molecule has 1 aliphatic heterocycles. The molecule has 3 amide bonds. The SMILES string of the molecule is C=CC(=O)NC1CCC(Nc2n[nH]c3c2CN(C(=O)NC(CN(C)C)c2ccccc2)C3(C)C)CC1. The fraction of sp³-hybridized carbons (Fsp3) is 0.519. The Labute approximate surface area is 213 Å². The summed E-state index contributed by atoms with van der Waals surface area (Å²) in [5.74, 6) is 0.706. The largest absolute Gasteiger partial charge is 0.366 e. The molecule has 36 heavy (non-hydrogen) atoms. The predicted molar refractivity (Wildman–Crippen MR) is 141 cm³/mol. The molecule has 1 saturated carbocycles. The number of carbonyl (C=O) groups excluding carboxylic acids is 2. The molecule has 0 radical (unpaired) electrons. The van der Waals surface area contributed by atoms with Crippen molar-refractivity contribution < 1.29 is 9.59 Å². The summed E-state index contributed by atoms with van der Waals surface area (Å²) in [6.45, 7) is 8.83. The van der Waals surface area contributed by atoms with Crippen LogP contribution in [-0.4, -0.2) is 64.7 Å². The van der Waals surface area contributed by atoms with Gasteiger partial charge in [0.05, 0.1) is 23.8 Å². The molecule has 1 aromatic heterocycles. The van der Waals surface area contributed by atoms with Crippen LogP contribution in [0.15, 0.2) is 43.0 Å². The lowest BCUT2D eigenvalue weighted by molar-refractivity contribution is -0.117. The summed E-state index contributed by atoms with van der Waals surface area (Å²) >= 11 is 0. The molecule has 1 fully saturated rings. The highest BCUT2D eigenvalue weighted by Crippen LogP contribution is 2.41. The molecule has 0 bridgehead atoms. The van der Waals surface area contributed by atoms with Gasteiger partial charge in [-0.1, -0.05) is 36.9 Å². The summed E-state index contributed by atoms with van der Waals surface area (Å²) in [7, 11) is 4.02. The number of urea groups is 1. The Balaban J connectivity index is 1.42. The molecule has 1 atom stereocenters. The third-order valence-electron chi connectivity index (χ3n) is 7.36. The van der Waals surface area contributed by atoms with Gasteiger partial charge < -0.3 is 25.8 Å². The Morgan fingerprint density at radius 2 is 1.86 bits per heavy atom. The van der Waals surface area contributed by atoms with Crippen LogP contribution in [0, 0.1) is 0 Å². The van der Waals surface area contributed by atoms with E-state index in [1.165, 1.54) is 6.08 Å². The topological polar surface area (TPSA) is 105 Å². The number of carbonyl (C=O) groups is 2. The number of hydrogen-bond acceptors (Lipinski definition) is 5. The number of nitrogens with one attached hydrogen (secondary N) is 4. The van der Waals surface area contributed by atoms with Crippen LogP contribution >= 0.6 is 0 Å². The van der Waals surface area contributed by atoms with Crippen molar-refractivity contribution in [2.24, 2.45) is 0 Å². The number of hydrogen-bond donors (Lipinski definition) is 4. The van der Waals surface area contributed by atoms with Crippen LogP contribution in [-0.2, 0) is 16.9 Å². The second kappa shape index (κ2) is 10.7. The van der Waals surface area contributed by atoms with Gasteiger partial charge in [-0.15, -0.1) is 0 Å². The van der Waals surface area contributed by atoms with E-state index in [4.69, 9.17) is 0 Å². The lowest BCUT2D eigenvalue weighted by Crippen LogP contribution is -2.48. The van der Waals surface area contributed by atoms with Crippen molar-refractivity contribution >= 4 is 17.8 Å². The predicted octanol–water partition coefficient (Wildman–Crippen LogP) is 3.50. The van der Waals surface area contributed by atoms with Crippen molar-refractivity contribution in [2.45, 2.75) is 69.7 Å². The lowest BCUT2D eigenvalue weighted by Gasteiger charge is -2.34. The van der Waals surface area contributed by atoms with Gasteiger partial charge in [0.1, 0.15) is 0 Å². The van der Waals surface area contributed by atoms with Gasteiger partial charge in [-0.05, 0) is 65.3 Å². The monoisotopic (exact) mass is 493 g/mol. The third kappa shape index (κ3) is 5.56. The number of fused-ring (bicyclic) bond motifs is 1. The van der Waals surface area contributed by atoms with Gasteiger partial charge in [0.2, 0.25) is 5.91 Å². The van der Waals surface area contributed by atoms with Gasteiger partial charge in [-0.3, -0.25) is 9.89 Å². The highest BCUT2D eigenvalue weighted by molar-refractivity contribution is 5.87. The van der Waals surface area contributed by atoms with Crippen LogP contribution in [0.2, 0.25) is 0 Å². The molecule has 9 nitrogen and oxygen atoms in total. The second-order valence-corrected chi connectivity index (χ2v) is 10.7. The molecular weight excluding hydrogens is 454 g/mol. The van der Waals surface area contributed by atoms with Crippen molar-refractivity contribution in [2.75, 3.05) is 26.0 Å². The number of likely N-dealkylation sites (N-methyl/N-ethyl adjacent to an activating group) is 1. The molecule has 2 aliphatic rings. The Bertz CT molecular complexity index is 1070. The first-order chi connectivity index (χ1) is 17.2. The van der Waals surface area contributed by atoms with E-state index in [9.17, 15) is 9.59 Å². The molecule has 1 unspecified atom stereocenters. The maximum Gasteiger partial charge on any atom is 0.319 e. The zero-order valence-electron chi connectivity index (χ0n) is 21.8. The molecule has 2 aromatic rings. The van der Waals surface area contributed by atoms with Crippen molar-refractivity contribution in [3.8, 4) is 0 Å².